The number of hydrogen-bond acceptors (Lipinski definition) is 6. The minimum Gasteiger partial charge on any atom is -0.347 e. The second-order valence-corrected chi connectivity index (χ2v) is 6.44. The van der Waals surface area contributed by atoms with Crippen molar-refractivity contribution in [1.29, 1.82) is 0 Å². The molecule has 7 heteroatoms. The van der Waals surface area contributed by atoms with Crippen molar-refractivity contribution >= 4 is 16.5 Å². The monoisotopic (exact) mass is 330 g/mol. The van der Waals surface area contributed by atoms with Crippen molar-refractivity contribution in [1.82, 2.24) is 15.1 Å². The van der Waals surface area contributed by atoms with Crippen LogP contribution in [0.4, 0.5) is 9.52 Å². The van der Waals surface area contributed by atoms with E-state index in [0.29, 0.717) is 11.7 Å². The van der Waals surface area contributed by atoms with Gasteiger partial charge in [-0.1, -0.05) is 5.16 Å². The number of benzene rings is 1. The molecular weight excluding hydrogens is 315 g/mol. The second-order valence-electron chi connectivity index (χ2n) is 5.56. The van der Waals surface area contributed by atoms with Gasteiger partial charge in [-0.15, -0.1) is 11.3 Å². The minimum absolute atomic E-state index is 0.203. The van der Waals surface area contributed by atoms with Gasteiger partial charge >= 0.3 is 0 Å². The first-order valence-corrected chi connectivity index (χ1v) is 8.41. The zero-order chi connectivity index (χ0) is 15.6. The van der Waals surface area contributed by atoms with Gasteiger partial charge in [-0.25, -0.2) is 9.37 Å². The summed E-state index contributed by atoms with van der Waals surface area (Å²) < 4.78 is 18.5. The Morgan fingerprint density at radius 1 is 1.26 bits per heavy atom. The van der Waals surface area contributed by atoms with Crippen LogP contribution in [0.1, 0.15) is 24.7 Å². The molecule has 0 aliphatic carbocycles. The molecule has 0 spiro atoms. The Morgan fingerprint density at radius 3 is 2.91 bits per heavy atom. The molecule has 118 valence electrons. The topological polar surface area (TPSA) is 55.1 Å². The van der Waals surface area contributed by atoms with Crippen LogP contribution in [0.15, 0.2) is 40.4 Å². The largest absolute Gasteiger partial charge is 0.347 e. The Kier molecular flexibility index (Phi) is 3.78. The lowest BCUT2D eigenvalue weighted by Crippen LogP contribution is -2.34. The predicted molar refractivity (Wildman–Crippen MR) is 86.0 cm³/mol. The van der Waals surface area contributed by atoms with E-state index in [-0.39, 0.29) is 11.7 Å². The number of piperidine rings is 1. The Bertz CT molecular complexity index is 772. The van der Waals surface area contributed by atoms with Gasteiger partial charge in [0.15, 0.2) is 5.13 Å². The Balaban J connectivity index is 1.53. The van der Waals surface area contributed by atoms with Gasteiger partial charge < -0.3 is 9.42 Å². The number of rotatable bonds is 3. The number of thiazole rings is 1. The highest BCUT2D eigenvalue weighted by Gasteiger charge is 2.27. The summed E-state index contributed by atoms with van der Waals surface area (Å²) >= 11 is 1.64. The van der Waals surface area contributed by atoms with Gasteiger partial charge in [-0.2, -0.15) is 4.98 Å². The summed E-state index contributed by atoms with van der Waals surface area (Å²) in [4.78, 5) is 11.1. The van der Waals surface area contributed by atoms with Crippen molar-refractivity contribution in [3.8, 4) is 11.4 Å². The van der Waals surface area contributed by atoms with Crippen LogP contribution < -0.4 is 4.90 Å². The van der Waals surface area contributed by atoms with Crippen LogP contribution in [0.25, 0.3) is 11.4 Å². The van der Waals surface area contributed by atoms with Crippen molar-refractivity contribution in [2.75, 3.05) is 18.0 Å². The molecule has 5 nitrogen and oxygen atoms in total. The number of anilines is 1. The van der Waals surface area contributed by atoms with Gasteiger partial charge in [0.05, 0.1) is 5.92 Å². The van der Waals surface area contributed by atoms with Crippen molar-refractivity contribution in [3.63, 3.8) is 0 Å². The fourth-order valence-electron chi connectivity index (χ4n) is 2.84. The maximum absolute atomic E-state index is 13.0. The first-order chi connectivity index (χ1) is 11.3. The molecule has 1 atom stereocenters. The first-order valence-electron chi connectivity index (χ1n) is 7.53. The van der Waals surface area contributed by atoms with Crippen LogP contribution in [0.5, 0.6) is 0 Å². The molecule has 1 aliphatic heterocycles. The molecule has 1 aromatic carbocycles. The molecule has 0 radical (unpaired) electrons. The van der Waals surface area contributed by atoms with E-state index in [4.69, 9.17) is 4.52 Å². The summed E-state index contributed by atoms with van der Waals surface area (Å²) in [5.41, 5.74) is 0.758. The van der Waals surface area contributed by atoms with E-state index >= 15 is 0 Å². The van der Waals surface area contributed by atoms with Crippen molar-refractivity contribution in [2.24, 2.45) is 0 Å². The van der Waals surface area contributed by atoms with Gasteiger partial charge in [0, 0.05) is 30.2 Å². The lowest BCUT2D eigenvalue weighted by atomic mass is 9.98. The van der Waals surface area contributed by atoms with E-state index in [0.717, 1.165) is 36.6 Å². The Morgan fingerprint density at radius 2 is 2.13 bits per heavy atom. The summed E-state index contributed by atoms with van der Waals surface area (Å²) in [6.45, 7) is 1.83. The van der Waals surface area contributed by atoms with Crippen LogP contribution >= 0.6 is 11.3 Å². The maximum atomic E-state index is 13.0. The minimum atomic E-state index is -0.274. The molecule has 1 aliphatic rings. The third-order valence-corrected chi connectivity index (χ3v) is 4.84. The maximum Gasteiger partial charge on any atom is 0.231 e. The fourth-order valence-corrected chi connectivity index (χ4v) is 3.52. The number of hydrogen-bond donors (Lipinski definition) is 0. The van der Waals surface area contributed by atoms with Crippen LogP contribution in [-0.4, -0.2) is 28.2 Å². The molecule has 0 saturated carbocycles. The van der Waals surface area contributed by atoms with Crippen LogP contribution in [0.3, 0.4) is 0 Å². The van der Waals surface area contributed by atoms with Crippen LogP contribution in [-0.2, 0) is 0 Å². The zero-order valence-corrected chi connectivity index (χ0v) is 13.2. The quantitative estimate of drug-likeness (QED) is 0.732. The first kappa shape index (κ1) is 14.3. The highest BCUT2D eigenvalue weighted by molar-refractivity contribution is 7.13. The van der Waals surface area contributed by atoms with Crippen molar-refractivity contribution < 1.29 is 8.91 Å². The molecule has 0 amide bonds. The molecule has 23 heavy (non-hydrogen) atoms. The van der Waals surface area contributed by atoms with Crippen LogP contribution in [0.2, 0.25) is 0 Å². The second kappa shape index (κ2) is 6.08. The van der Waals surface area contributed by atoms with Gasteiger partial charge in [0.25, 0.3) is 0 Å². The molecule has 4 rings (SSSR count). The van der Waals surface area contributed by atoms with E-state index in [1.54, 1.807) is 23.5 Å². The van der Waals surface area contributed by atoms with Gasteiger partial charge in [0.1, 0.15) is 5.82 Å². The smallest absolute Gasteiger partial charge is 0.231 e. The standard InChI is InChI=1S/C16H15FN4OS/c17-13-5-3-11(4-6-13)14-19-15(22-20-14)12-2-1-8-21(10-12)16-18-7-9-23-16/h3-7,9,12H,1-2,8,10H2/t12-/m0/s1. The molecule has 1 fully saturated rings. The third kappa shape index (κ3) is 2.96. The summed E-state index contributed by atoms with van der Waals surface area (Å²) in [7, 11) is 0. The molecule has 2 aromatic heterocycles. The van der Waals surface area contributed by atoms with Gasteiger partial charge in [0.2, 0.25) is 11.7 Å². The highest BCUT2D eigenvalue weighted by atomic mass is 32.1. The van der Waals surface area contributed by atoms with Gasteiger partial charge in [-0.05, 0) is 37.1 Å². The van der Waals surface area contributed by atoms with E-state index in [1.807, 2.05) is 11.6 Å². The molecule has 0 unspecified atom stereocenters. The van der Waals surface area contributed by atoms with E-state index in [1.165, 1.54) is 12.1 Å². The molecule has 0 N–H and O–H groups in total. The SMILES string of the molecule is Fc1ccc(-c2noc([C@H]3CCCN(c4nccs4)C3)n2)cc1. The summed E-state index contributed by atoms with van der Waals surface area (Å²) in [6.07, 6.45) is 3.91. The number of halogens is 1. The summed E-state index contributed by atoms with van der Waals surface area (Å²) in [5, 5.41) is 7.06. The lowest BCUT2D eigenvalue weighted by Gasteiger charge is -2.30. The highest BCUT2D eigenvalue weighted by Crippen LogP contribution is 2.31. The summed E-state index contributed by atoms with van der Waals surface area (Å²) in [6, 6.07) is 6.12. The van der Waals surface area contributed by atoms with E-state index in [2.05, 4.69) is 20.0 Å². The van der Waals surface area contributed by atoms with Crippen LogP contribution in [0, 0.1) is 5.82 Å². The fraction of sp³-hybridized carbons (Fsp3) is 0.312. The molecule has 3 heterocycles. The predicted octanol–water partition coefficient (Wildman–Crippen LogP) is 3.72. The van der Waals surface area contributed by atoms with E-state index in [9.17, 15) is 4.39 Å². The van der Waals surface area contributed by atoms with Gasteiger partial charge in [-0.3, -0.25) is 0 Å². The third-order valence-electron chi connectivity index (χ3n) is 4.00. The average molecular weight is 330 g/mol. The lowest BCUT2D eigenvalue weighted by molar-refractivity contribution is 0.333. The van der Waals surface area contributed by atoms with Crippen molar-refractivity contribution in [3.05, 3.63) is 47.6 Å². The molecule has 1 saturated heterocycles. The Hall–Kier alpha value is -2.28. The number of nitrogens with zero attached hydrogens (tertiary/aromatic N) is 4. The molecular formula is C16H15FN4OS. The molecule has 0 bridgehead atoms. The Labute approximate surface area is 136 Å². The number of aromatic nitrogens is 3. The molecule has 3 aromatic rings. The summed E-state index contributed by atoms with van der Waals surface area (Å²) in [5.74, 6) is 1.08. The van der Waals surface area contributed by atoms with Crippen molar-refractivity contribution in [2.45, 2.75) is 18.8 Å². The van der Waals surface area contributed by atoms with E-state index < -0.39 is 0 Å². The normalized spacial score (nSPS) is 18.3. The average Bonchev–Trinajstić information content (AvgIpc) is 3.28. The zero-order valence-electron chi connectivity index (χ0n) is 12.4.